The van der Waals surface area contributed by atoms with Crippen molar-refractivity contribution in [1.29, 1.82) is 0 Å². The van der Waals surface area contributed by atoms with Crippen LogP contribution in [0.25, 0.3) is 0 Å². The molecule has 2 atom stereocenters. The number of nitrogens with one attached hydrogen (secondary N) is 1. The van der Waals surface area contributed by atoms with Crippen LogP contribution in [0.3, 0.4) is 0 Å². The van der Waals surface area contributed by atoms with Crippen molar-refractivity contribution >= 4 is 5.91 Å². The lowest BCUT2D eigenvalue weighted by molar-refractivity contribution is 0.0710. The van der Waals surface area contributed by atoms with E-state index in [4.69, 9.17) is 0 Å². The Morgan fingerprint density at radius 2 is 2.09 bits per heavy atom. The van der Waals surface area contributed by atoms with E-state index in [9.17, 15) is 14.3 Å². The number of H-pyrrole nitrogens is 1. The predicted octanol–water partition coefficient (Wildman–Crippen LogP) is 2.62. The van der Waals surface area contributed by atoms with Gasteiger partial charge in [-0.15, -0.1) is 0 Å². The van der Waals surface area contributed by atoms with Gasteiger partial charge in [-0.2, -0.15) is 5.10 Å². The second-order valence-corrected chi connectivity index (χ2v) is 6.28. The number of carbonyl (C=O) groups excluding carboxylic acids is 1. The van der Waals surface area contributed by atoms with Gasteiger partial charge in [0.15, 0.2) is 0 Å². The summed E-state index contributed by atoms with van der Waals surface area (Å²) in [6, 6.07) is 7.53. The molecule has 23 heavy (non-hydrogen) atoms. The highest BCUT2D eigenvalue weighted by Gasteiger charge is 2.36. The van der Waals surface area contributed by atoms with E-state index in [1.165, 1.54) is 12.1 Å². The van der Waals surface area contributed by atoms with Crippen LogP contribution < -0.4 is 0 Å². The monoisotopic (exact) mass is 317 g/mol. The first-order valence-corrected chi connectivity index (χ1v) is 7.75. The second kappa shape index (κ2) is 6.12. The number of aromatic amines is 1. The summed E-state index contributed by atoms with van der Waals surface area (Å²) in [7, 11) is 0. The summed E-state index contributed by atoms with van der Waals surface area (Å²) in [6.07, 6.45) is -0.142. The third-order valence-corrected chi connectivity index (χ3v) is 4.23. The first-order chi connectivity index (χ1) is 11.0. The summed E-state index contributed by atoms with van der Waals surface area (Å²) in [6.45, 7) is 4.29. The quantitative estimate of drug-likeness (QED) is 0.914. The van der Waals surface area contributed by atoms with E-state index in [1.54, 1.807) is 23.1 Å². The average Bonchev–Trinajstić information content (AvgIpc) is 3.14. The number of carbonyl (C=O) groups is 1. The molecule has 2 N–H and O–H groups in total. The zero-order valence-electron chi connectivity index (χ0n) is 13.2. The molecule has 0 spiro atoms. The molecule has 122 valence electrons. The van der Waals surface area contributed by atoms with Crippen molar-refractivity contribution in [3.63, 3.8) is 0 Å². The molecule has 1 fully saturated rings. The molecule has 0 radical (unpaired) electrons. The fourth-order valence-electron chi connectivity index (χ4n) is 2.93. The summed E-state index contributed by atoms with van der Waals surface area (Å²) in [5.74, 6) is -0.292. The van der Waals surface area contributed by atoms with Crippen molar-refractivity contribution in [2.24, 2.45) is 0 Å². The molecule has 5 nitrogen and oxygen atoms in total. The Morgan fingerprint density at radius 3 is 2.70 bits per heavy atom. The molecule has 1 saturated heterocycles. The van der Waals surface area contributed by atoms with Crippen LogP contribution in [0, 0.1) is 5.82 Å². The maximum atomic E-state index is 13.1. The molecule has 0 unspecified atom stereocenters. The number of β-amino-alcohol motifs (C(OH)–C–C–N with tert-alkyl or cyclic N) is 1. The van der Waals surface area contributed by atoms with Gasteiger partial charge in [-0.25, -0.2) is 4.39 Å². The molecule has 1 aromatic carbocycles. The van der Waals surface area contributed by atoms with Crippen LogP contribution in [-0.4, -0.2) is 38.8 Å². The summed E-state index contributed by atoms with van der Waals surface area (Å²) >= 11 is 0. The van der Waals surface area contributed by atoms with Gasteiger partial charge in [0.25, 0.3) is 5.91 Å². The lowest BCUT2D eigenvalue weighted by Crippen LogP contribution is -2.32. The highest BCUT2D eigenvalue weighted by atomic mass is 19.1. The van der Waals surface area contributed by atoms with Crippen LogP contribution in [0.1, 0.15) is 54.0 Å². The smallest absolute Gasteiger partial charge is 0.274 e. The Labute approximate surface area is 134 Å². The number of likely N-dealkylation sites (tertiary alicyclic amines) is 1. The highest BCUT2D eigenvalue weighted by molar-refractivity contribution is 5.93. The number of hydrogen-bond donors (Lipinski definition) is 2. The van der Waals surface area contributed by atoms with Crippen molar-refractivity contribution in [3.8, 4) is 0 Å². The van der Waals surface area contributed by atoms with E-state index in [0.717, 1.165) is 11.3 Å². The summed E-state index contributed by atoms with van der Waals surface area (Å²) in [5.41, 5.74) is 2.05. The number of nitrogens with zero attached hydrogens (tertiary/aromatic N) is 2. The summed E-state index contributed by atoms with van der Waals surface area (Å²) in [5, 5.41) is 16.9. The van der Waals surface area contributed by atoms with Gasteiger partial charge in [-0.05, 0) is 36.1 Å². The number of aromatic nitrogens is 2. The van der Waals surface area contributed by atoms with Crippen molar-refractivity contribution in [3.05, 3.63) is 53.1 Å². The van der Waals surface area contributed by atoms with Gasteiger partial charge in [0, 0.05) is 12.2 Å². The molecule has 0 bridgehead atoms. The molecule has 3 rings (SSSR count). The van der Waals surface area contributed by atoms with Crippen molar-refractivity contribution in [1.82, 2.24) is 15.1 Å². The van der Waals surface area contributed by atoms with Crippen LogP contribution in [0.5, 0.6) is 0 Å². The van der Waals surface area contributed by atoms with E-state index >= 15 is 0 Å². The van der Waals surface area contributed by atoms with E-state index in [1.807, 2.05) is 13.8 Å². The van der Waals surface area contributed by atoms with Crippen LogP contribution in [0.4, 0.5) is 4.39 Å². The minimum atomic E-state index is -0.586. The van der Waals surface area contributed by atoms with Crippen molar-refractivity contribution < 1.29 is 14.3 Å². The Balaban J connectivity index is 1.86. The molecule has 0 saturated carbocycles. The van der Waals surface area contributed by atoms with Crippen LogP contribution in [0.15, 0.2) is 30.3 Å². The summed E-state index contributed by atoms with van der Waals surface area (Å²) < 4.78 is 13.1. The van der Waals surface area contributed by atoms with Crippen molar-refractivity contribution in [2.45, 2.75) is 38.3 Å². The molecule has 1 aliphatic rings. The van der Waals surface area contributed by atoms with Gasteiger partial charge >= 0.3 is 0 Å². The number of halogens is 1. The summed E-state index contributed by atoms with van der Waals surface area (Å²) in [4.78, 5) is 14.3. The number of rotatable bonds is 3. The van der Waals surface area contributed by atoms with Gasteiger partial charge in [0.1, 0.15) is 11.5 Å². The number of aliphatic hydroxyl groups excluding tert-OH is 1. The fraction of sp³-hybridized carbons (Fsp3) is 0.412. The molecule has 2 heterocycles. The average molecular weight is 317 g/mol. The second-order valence-electron chi connectivity index (χ2n) is 6.28. The van der Waals surface area contributed by atoms with Crippen LogP contribution in [0.2, 0.25) is 0 Å². The number of amides is 1. The maximum absolute atomic E-state index is 13.1. The van der Waals surface area contributed by atoms with Crippen LogP contribution >= 0.6 is 0 Å². The third-order valence-electron chi connectivity index (χ3n) is 4.23. The number of aliphatic hydroxyl groups is 1. The number of benzene rings is 1. The zero-order chi connectivity index (χ0) is 16.6. The largest absolute Gasteiger partial charge is 0.391 e. The van der Waals surface area contributed by atoms with E-state index in [-0.39, 0.29) is 30.2 Å². The van der Waals surface area contributed by atoms with Gasteiger partial charge in [-0.3, -0.25) is 9.89 Å². The standard InChI is InChI=1S/C17H20FN3O2/c1-10(2)14-8-15(20-19-14)17(23)21-9-13(22)7-16(21)11-3-5-12(18)6-4-11/h3-6,8,10,13,16,22H,7,9H2,1-2H3,(H,19,20)/t13-,16+/m0/s1. The lowest BCUT2D eigenvalue weighted by Gasteiger charge is -2.23. The molecule has 1 aliphatic heterocycles. The molecular formula is C17H20FN3O2. The SMILES string of the molecule is CC(C)c1cc(C(=O)N2C[C@@H](O)C[C@@H]2c2ccc(F)cc2)n[nH]1. The molecule has 0 aliphatic carbocycles. The Hall–Kier alpha value is -2.21. The molecule has 6 heteroatoms. The highest BCUT2D eigenvalue weighted by Crippen LogP contribution is 2.33. The normalized spacial score (nSPS) is 21.2. The molecule has 1 amide bonds. The van der Waals surface area contributed by atoms with Gasteiger partial charge in [-0.1, -0.05) is 26.0 Å². The Morgan fingerprint density at radius 1 is 1.39 bits per heavy atom. The van der Waals surface area contributed by atoms with E-state index in [2.05, 4.69) is 10.2 Å². The molecular weight excluding hydrogens is 297 g/mol. The van der Waals surface area contributed by atoms with E-state index < -0.39 is 6.10 Å². The predicted molar refractivity (Wildman–Crippen MR) is 83.5 cm³/mol. The first kappa shape index (κ1) is 15.7. The Kier molecular flexibility index (Phi) is 4.17. The topological polar surface area (TPSA) is 69.2 Å². The molecule has 2 aromatic rings. The molecule has 1 aromatic heterocycles. The van der Waals surface area contributed by atoms with Gasteiger partial charge < -0.3 is 10.0 Å². The van der Waals surface area contributed by atoms with Crippen LogP contribution in [-0.2, 0) is 0 Å². The van der Waals surface area contributed by atoms with Crippen molar-refractivity contribution in [2.75, 3.05) is 6.54 Å². The van der Waals surface area contributed by atoms with E-state index in [0.29, 0.717) is 12.1 Å². The number of hydrogen-bond acceptors (Lipinski definition) is 3. The maximum Gasteiger partial charge on any atom is 0.274 e. The minimum Gasteiger partial charge on any atom is -0.391 e. The zero-order valence-corrected chi connectivity index (χ0v) is 13.2. The first-order valence-electron chi connectivity index (χ1n) is 7.75. The minimum absolute atomic E-state index is 0.223. The Bertz CT molecular complexity index is 696. The third kappa shape index (κ3) is 3.12. The lowest BCUT2D eigenvalue weighted by atomic mass is 10.0. The van der Waals surface area contributed by atoms with Gasteiger partial charge in [0.2, 0.25) is 0 Å². The van der Waals surface area contributed by atoms with Gasteiger partial charge in [0.05, 0.1) is 12.1 Å². The fourth-order valence-corrected chi connectivity index (χ4v) is 2.93.